The molecular formula is C20H30N6O. The topological polar surface area (TPSA) is 76.4 Å². The summed E-state index contributed by atoms with van der Waals surface area (Å²) >= 11 is 0. The van der Waals surface area contributed by atoms with Gasteiger partial charge in [-0.3, -0.25) is 9.56 Å². The van der Waals surface area contributed by atoms with E-state index in [-0.39, 0.29) is 0 Å². The molecule has 0 amide bonds. The zero-order valence-electron chi connectivity index (χ0n) is 16.3. The molecule has 2 aromatic heterocycles. The van der Waals surface area contributed by atoms with Crippen LogP contribution in [0.25, 0.3) is 5.82 Å². The van der Waals surface area contributed by atoms with Crippen LogP contribution in [0.15, 0.2) is 42.0 Å². The van der Waals surface area contributed by atoms with Gasteiger partial charge in [-0.25, -0.2) is 9.97 Å². The van der Waals surface area contributed by atoms with Gasteiger partial charge in [-0.05, 0) is 42.4 Å². The first kappa shape index (κ1) is 19.4. The van der Waals surface area contributed by atoms with Crippen LogP contribution in [0.2, 0.25) is 0 Å². The molecule has 2 heterocycles. The summed E-state index contributed by atoms with van der Waals surface area (Å²) in [6.07, 6.45) is 13.5. The van der Waals surface area contributed by atoms with E-state index < -0.39 is 0 Å². The van der Waals surface area contributed by atoms with Crippen molar-refractivity contribution in [3.8, 4) is 5.82 Å². The Bertz CT molecular complexity index is 722. The van der Waals surface area contributed by atoms with Gasteiger partial charge in [0, 0.05) is 52.4 Å². The average Bonchev–Trinajstić information content (AvgIpc) is 3.40. The van der Waals surface area contributed by atoms with E-state index in [0.29, 0.717) is 12.0 Å². The van der Waals surface area contributed by atoms with Crippen molar-refractivity contribution in [1.82, 2.24) is 25.2 Å². The van der Waals surface area contributed by atoms with Crippen LogP contribution in [0, 0.1) is 5.41 Å². The lowest BCUT2D eigenvalue weighted by molar-refractivity contribution is 0.138. The van der Waals surface area contributed by atoms with Crippen LogP contribution in [0.1, 0.15) is 37.7 Å². The fourth-order valence-corrected chi connectivity index (χ4v) is 3.74. The second-order valence-corrected chi connectivity index (χ2v) is 7.22. The predicted molar refractivity (Wildman–Crippen MR) is 107 cm³/mol. The van der Waals surface area contributed by atoms with Crippen molar-refractivity contribution in [3.63, 3.8) is 0 Å². The molecule has 1 aliphatic carbocycles. The molecule has 27 heavy (non-hydrogen) atoms. The molecule has 1 saturated carbocycles. The van der Waals surface area contributed by atoms with Crippen molar-refractivity contribution in [2.75, 3.05) is 27.3 Å². The Labute approximate surface area is 161 Å². The molecule has 7 heteroatoms. The number of hydrogen-bond acceptors (Lipinski definition) is 4. The van der Waals surface area contributed by atoms with Gasteiger partial charge in [-0.15, -0.1) is 0 Å². The van der Waals surface area contributed by atoms with Crippen LogP contribution in [0.4, 0.5) is 0 Å². The Hall–Kier alpha value is -2.41. The molecule has 0 bridgehead atoms. The molecule has 2 N–H and O–H groups in total. The summed E-state index contributed by atoms with van der Waals surface area (Å²) in [5, 5.41) is 6.94. The zero-order chi connectivity index (χ0) is 19.0. The van der Waals surface area contributed by atoms with Crippen LogP contribution < -0.4 is 10.6 Å². The van der Waals surface area contributed by atoms with Gasteiger partial charge in [0.05, 0.1) is 0 Å². The number of methoxy groups -OCH3 is 1. The van der Waals surface area contributed by atoms with E-state index in [0.717, 1.165) is 36.9 Å². The Morgan fingerprint density at radius 3 is 2.85 bits per heavy atom. The molecule has 2 aromatic rings. The number of nitrogens with one attached hydrogen (secondary N) is 2. The van der Waals surface area contributed by atoms with Gasteiger partial charge in [0.2, 0.25) is 0 Å². The molecule has 0 aliphatic heterocycles. The van der Waals surface area contributed by atoms with Crippen molar-refractivity contribution in [3.05, 3.63) is 42.6 Å². The smallest absolute Gasteiger partial charge is 0.191 e. The highest BCUT2D eigenvalue weighted by Gasteiger charge is 2.33. The maximum Gasteiger partial charge on any atom is 0.191 e. The van der Waals surface area contributed by atoms with E-state index in [2.05, 4.69) is 31.7 Å². The third-order valence-corrected chi connectivity index (χ3v) is 5.39. The van der Waals surface area contributed by atoms with Gasteiger partial charge in [-0.2, -0.15) is 0 Å². The zero-order valence-corrected chi connectivity index (χ0v) is 16.3. The first-order valence-electron chi connectivity index (χ1n) is 9.61. The highest BCUT2D eigenvalue weighted by Crippen LogP contribution is 2.40. The van der Waals surface area contributed by atoms with Crippen LogP contribution in [0.5, 0.6) is 0 Å². The Morgan fingerprint density at radius 2 is 2.15 bits per heavy atom. The third kappa shape index (κ3) is 5.29. The molecule has 0 radical (unpaired) electrons. The summed E-state index contributed by atoms with van der Waals surface area (Å²) in [7, 11) is 3.60. The van der Waals surface area contributed by atoms with Crippen molar-refractivity contribution in [2.24, 2.45) is 10.4 Å². The standard InChI is InChI=1S/C20H30N6O/c1-21-19(25-15-20(8-12-27-2)6-3-4-7-20)24-14-17-5-9-23-18(13-17)26-11-10-22-16-26/h5,9-11,13,16H,3-4,6-8,12,14-15H2,1-2H3,(H2,21,24,25). The first-order chi connectivity index (χ1) is 13.2. The maximum atomic E-state index is 5.32. The van der Waals surface area contributed by atoms with Crippen LogP contribution in [-0.4, -0.2) is 47.8 Å². The van der Waals surface area contributed by atoms with E-state index >= 15 is 0 Å². The summed E-state index contributed by atoms with van der Waals surface area (Å²) < 4.78 is 7.22. The van der Waals surface area contributed by atoms with Crippen LogP contribution >= 0.6 is 0 Å². The number of imidazole rings is 1. The van der Waals surface area contributed by atoms with Gasteiger partial charge < -0.3 is 15.4 Å². The van der Waals surface area contributed by atoms with Crippen LogP contribution in [-0.2, 0) is 11.3 Å². The number of guanidine groups is 1. The minimum Gasteiger partial charge on any atom is -0.385 e. The summed E-state index contributed by atoms with van der Waals surface area (Å²) in [5.41, 5.74) is 1.48. The van der Waals surface area contributed by atoms with Gasteiger partial charge in [0.25, 0.3) is 0 Å². The van der Waals surface area contributed by atoms with Gasteiger partial charge in [0.1, 0.15) is 12.1 Å². The number of aliphatic imine (C=N–C) groups is 1. The Balaban J connectivity index is 1.54. The van der Waals surface area contributed by atoms with Gasteiger partial charge >= 0.3 is 0 Å². The highest BCUT2D eigenvalue weighted by molar-refractivity contribution is 5.79. The molecule has 0 aromatic carbocycles. The molecule has 0 unspecified atom stereocenters. The number of ether oxygens (including phenoxy) is 1. The van der Waals surface area contributed by atoms with E-state index in [1.165, 1.54) is 25.7 Å². The van der Waals surface area contributed by atoms with E-state index in [1.807, 2.05) is 30.1 Å². The van der Waals surface area contributed by atoms with Crippen LogP contribution in [0.3, 0.4) is 0 Å². The van der Waals surface area contributed by atoms with Gasteiger partial charge in [-0.1, -0.05) is 12.8 Å². The lowest BCUT2D eigenvalue weighted by atomic mass is 9.83. The van der Waals surface area contributed by atoms with E-state index in [1.54, 1.807) is 19.6 Å². The van der Waals surface area contributed by atoms with E-state index in [4.69, 9.17) is 4.74 Å². The lowest BCUT2D eigenvalue weighted by Gasteiger charge is -2.30. The lowest BCUT2D eigenvalue weighted by Crippen LogP contribution is -2.43. The monoisotopic (exact) mass is 370 g/mol. The van der Waals surface area contributed by atoms with Crippen molar-refractivity contribution in [1.29, 1.82) is 0 Å². The molecule has 0 atom stereocenters. The minimum atomic E-state index is 0.332. The number of aromatic nitrogens is 3. The summed E-state index contributed by atoms with van der Waals surface area (Å²) in [6, 6.07) is 4.07. The third-order valence-electron chi connectivity index (χ3n) is 5.39. The number of rotatable bonds is 8. The SMILES string of the molecule is CN=C(NCc1ccnc(-n2ccnc2)c1)NCC1(CCOC)CCCC1. The molecular weight excluding hydrogens is 340 g/mol. The second kappa shape index (κ2) is 9.50. The van der Waals surface area contributed by atoms with Crippen molar-refractivity contribution in [2.45, 2.75) is 38.6 Å². The molecule has 1 aliphatic rings. The fraction of sp³-hybridized carbons (Fsp3) is 0.550. The summed E-state index contributed by atoms with van der Waals surface area (Å²) in [4.78, 5) is 12.8. The van der Waals surface area contributed by atoms with Gasteiger partial charge in [0.15, 0.2) is 5.96 Å². The summed E-state index contributed by atoms with van der Waals surface area (Å²) in [5.74, 6) is 1.69. The average molecular weight is 371 g/mol. The molecule has 146 valence electrons. The number of hydrogen-bond donors (Lipinski definition) is 2. The second-order valence-electron chi connectivity index (χ2n) is 7.22. The summed E-state index contributed by atoms with van der Waals surface area (Å²) in [6.45, 7) is 2.45. The molecule has 0 spiro atoms. The van der Waals surface area contributed by atoms with E-state index in [9.17, 15) is 0 Å². The number of nitrogens with zero attached hydrogens (tertiary/aromatic N) is 4. The largest absolute Gasteiger partial charge is 0.385 e. The maximum absolute atomic E-state index is 5.32. The minimum absolute atomic E-state index is 0.332. The molecule has 3 rings (SSSR count). The first-order valence-corrected chi connectivity index (χ1v) is 9.61. The Morgan fingerprint density at radius 1 is 1.30 bits per heavy atom. The fourth-order valence-electron chi connectivity index (χ4n) is 3.74. The molecule has 1 fully saturated rings. The van der Waals surface area contributed by atoms with Crippen molar-refractivity contribution >= 4 is 5.96 Å². The van der Waals surface area contributed by atoms with Crippen molar-refractivity contribution < 1.29 is 4.74 Å². The normalized spacial score (nSPS) is 16.4. The quantitative estimate of drug-likeness (QED) is 0.552. The molecule has 0 saturated heterocycles. The highest BCUT2D eigenvalue weighted by atomic mass is 16.5. The molecule has 7 nitrogen and oxygen atoms in total. The Kier molecular flexibility index (Phi) is 6.81. The predicted octanol–water partition coefficient (Wildman–Crippen LogP) is 2.53. The number of pyridine rings is 1.